The first-order valence-corrected chi connectivity index (χ1v) is 9.74. The number of ketones is 1. The summed E-state index contributed by atoms with van der Waals surface area (Å²) in [6.45, 7) is 0. The third-order valence-corrected chi connectivity index (χ3v) is 5.96. The number of ether oxygens (including phenoxy) is 1. The van der Waals surface area contributed by atoms with Crippen molar-refractivity contribution in [2.45, 2.75) is 10.0 Å². The fourth-order valence-corrected chi connectivity index (χ4v) is 3.73. The van der Waals surface area contributed by atoms with E-state index in [2.05, 4.69) is 0 Å². The monoisotopic (exact) mass is 427 g/mol. The normalized spacial score (nSPS) is 19.9. The van der Waals surface area contributed by atoms with Crippen LogP contribution < -0.4 is 5.73 Å². The van der Waals surface area contributed by atoms with Gasteiger partial charge in [-0.3, -0.25) is 4.79 Å². The van der Waals surface area contributed by atoms with Gasteiger partial charge in [-0.25, -0.2) is 4.39 Å². The lowest BCUT2D eigenvalue weighted by Gasteiger charge is -2.26. The van der Waals surface area contributed by atoms with Crippen molar-refractivity contribution in [1.82, 2.24) is 0 Å². The summed E-state index contributed by atoms with van der Waals surface area (Å²) >= 11 is 5.71. The molecule has 12 heteroatoms. The van der Waals surface area contributed by atoms with E-state index in [1.54, 1.807) is 6.07 Å². The summed E-state index contributed by atoms with van der Waals surface area (Å²) in [5.74, 6) is -4.07. The van der Waals surface area contributed by atoms with Gasteiger partial charge in [0.05, 0.1) is 25.3 Å². The van der Waals surface area contributed by atoms with E-state index in [9.17, 15) is 17.6 Å². The highest BCUT2D eigenvalue weighted by molar-refractivity contribution is 7.90. The summed E-state index contributed by atoms with van der Waals surface area (Å²) in [5.41, 5.74) is 2.60. The van der Waals surface area contributed by atoms with Crippen LogP contribution in [0, 0.1) is 5.82 Å². The summed E-state index contributed by atoms with van der Waals surface area (Å²) in [6.07, 6.45) is 0. The Morgan fingerprint density at radius 1 is 1.14 bits per heavy atom. The molecule has 2 aromatic carbocycles. The van der Waals surface area contributed by atoms with E-state index < -0.39 is 49.0 Å². The van der Waals surface area contributed by atoms with Crippen molar-refractivity contribution in [1.29, 1.82) is 0 Å². The number of nitrogens with two attached hydrogens (primary N) is 1. The van der Waals surface area contributed by atoms with Crippen LogP contribution >= 0.6 is 11.6 Å². The second-order valence-corrected chi connectivity index (χ2v) is 8.32. The summed E-state index contributed by atoms with van der Waals surface area (Å²) in [6, 6.07) is 11.0. The minimum atomic E-state index is -4.87. The van der Waals surface area contributed by atoms with Crippen LogP contribution in [0.4, 0.5) is 4.39 Å². The molecule has 29 heavy (non-hydrogen) atoms. The van der Waals surface area contributed by atoms with Crippen LogP contribution in [0.25, 0.3) is 0 Å². The molecule has 0 saturated heterocycles. The van der Waals surface area contributed by atoms with Crippen LogP contribution in [0.15, 0.2) is 60.2 Å². The SMILES string of the molecule is [B]C([B])(c1ccccc1)S(=O)(=O)OC1=C(N)O[C@]([B])(c2cccc(Cl)c2F)C1=O. The lowest BCUT2D eigenvalue weighted by Crippen LogP contribution is -2.40. The molecule has 0 fully saturated rings. The number of rotatable bonds is 5. The van der Waals surface area contributed by atoms with Gasteiger partial charge in [-0.1, -0.05) is 54.1 Å². The van der Waals surface area contributed by atoms with E-state index in [1.807, 2.05) is 0 Å². The van der Waals surface area contributed by atoms with E-state index in [1.165, 1.54) is 36.4 Å². The molecule has 0 unspecified atom stereocenters. The topological polar surface area (TPSA) is 95.7 Å². The van der Waals surface area contributed by atoms with Gasteiger partial charge in [-0.15, -0.1) is 0 Å². The van der Waals surface area contributed by atoms with E-state index >= 15 is 0 Å². The third-order valence-electron chi connectivity index (χ3n) is 4.22. The summed E-state index contributed by atoms with van der Waals surface area (Å²) in [4.78, 5) is 12.8. The van der Waals surface area contributed by atoms with Gasteiger partial charge in [0.1, 0.15) is 5.82 Å². The van der Waals surface area contributed by atoms with Crippen molar-refractivity contribution in [3.8, 4) is 0 Å². The molecule has 0 saturated carbocycles. The quantitative estimate of drug-likeness (QED) is 0.566. The molecule has 6 nitrogen and oxygen atoms in total. The Kier molecular flexibility index (Phi) is 5.25. The number of carbonyl (C=O) groups excluding carboxylic acids is 1. The number of hydrogen-bond donors (Lipinski definition) is 1. The van der Waals surface area contributed by atoms with Crippen LogP contribution in [0.2, 0.25) is 5.02 Å². The molecule has 2 N–H and O–H groups in total. The lowest BCUT2D eigenvalue weighted by atomic mass is 9.65. The van der Waals surface area contributed by atoms with E-state index in [0.29, 0.717) is 0 Å². The first kappa shape index (κ1) is 21.3. The number of hydrogen-bond acceptors (Lipinski definition) is 6. The maximum absolute atomic E-state index is 14.4. The Bertz CT molecular complexity index is 1130. The zero-order valence-corrected chi connectivity index (χ0v) is 16.2. The van der Waals surface area contributed by atoms with Crippen molar-refractivity contribution >= 4 is 51.0 Å². The average Bonchev–Trinajstić information content (AvgIpc) is 2.88. The second kappa shape index (κ2) is 7.14. The van der Waals surface area contributed by atoms with Gasteiger partial charge in [0.2, 0.25) is 17.4 Å². The molecular weight excluding hydrogens is 417 g/mol. The largest absolute Gasteiger partial charge is 0.467 e. The number of halogens is 2. The maximum Gasteiger partial charge on any atom is 0.302 e. The molecule has 0 aromatic heterocycles. The van der Waals surface area contributed by atoms with Crippen molar-refractivity contribution in [2.75, 3.05) is 0 Å². The standard InChI is InChI=1S/C17H10B3ClFNO5S/c18-16(10-7-4-8-11(21)12(10)22)14(24)13(15(23)27-16)28-29(25,26)17(19,20)9-5-2-1-3-6-9/h1-8H,23H2/t16-/m1/s1. The van der Waals surface area contributed by atoms with Crippen LogP contribution in [-0.4, -0.2) is 37.7 Å². The second-order valence-electron chi connectivity index (χ2n) is 6.16. The minimum absolute atomic E-state index is 0.0227. The molecule has 2 aromatic rings. The molecule has 3 rings (SSSR count). The van der Waals surface area contributed by atoms with Crippen molar-refractivity contribution in [2.24, 2.45) is 5.73 Å². The van der Waals surface area contributed by atoms with E-state index in [-0.39, 0.29) is 10.6 Å². The molecular formula is C17H10B3ClFNO5S. The Hall–Kier alpha value is -2.39. The van der Waals surface area contributed by atoms with E-state index in [4.69, 9.17) is 49.8 Å². The molecule has 0 aliphatic carbocycles. The van der Waals surface area contributed by atoms with Gasteiger partial charge in [0.15, 0.2) is 13.3 Å². The summed E-state index contributed by atoms with van der Waals surface area (Å²) in [7, 11) is 12.5. The highest BCUT2D eigenvalue weighted by atomic mass is 35.5. The van der Waals surface area contributed by atoms with Crippen molar-refractivity contribution < 1.29 is 26.5 Å². The summed E-state index contributed by atoms with van der Waals surface area (Å²) in [5, 5.41) is -0.337. The molecule has 1 heterocycles. The van der Waals surface area contributed by atoms with Crippen molar-refractivity contribution in [3.63, 3.8) is 0 Å². The molecule has 0 bridgehead atoms. The van der Waals surface area contributed by atoms with Crippen LogP contribution in [-0.2, 0) is 33.9 Å². The van der Waals surface area contributed by atoms with E-state index in [0.717, 1.165) is 6.07 Å². The van der Waals surface area contributed by atoms with Crippen LogP contribution in [0.1, 0.15) is 11.1 Å². The predicted octanol–water partition coefficient (Wildman–Crippen LogP) is 1.02. The van der Waals surface area contributed by atoms with Gasteiger partial charge < -0.3 is 14.7 Å². The van der Waals surface area contributed by atoms with Gasteiger partial charge in [0.25, 0.3) is 0 Å². The van der Waals surface area contributed by atoms with Gasteiger partial charge >= 0.3 is 10.1 Å². The highest BCUT2D eigenvalue weighted by Gasteiger charge is 2.51. The average molecular weight is 427 g/mol. The Labute approximate surface area is 175 Å². The number of carbonyl (C=O) groups is 1. The molecule has 0 amide bonds. The molecule has 6 radical (unpaired) electrons. The molecule has 0 spiro atoms. The van der Waals surface area contributed by atoms with Crippen LogP contribution in [0.3, 0.4) is 0 Å². The van der Waals surface area contributed by atoms with Crippen LogP contribution in [0.5, 0.6) is 0 Å². The fraction of sp³-hybridized carbons (Fsp3) is 0.118. The summed E-state index contributed by atoms with van der Waals surface area (Å²) < 4.78 is 47.0. The Morgan fingerprint density at radius 3 is 2.38 bits per heavy atom. The molecule has 1 aliphatic heterocycles. The first-order chi connectivity index (χ1) is 13.4. The molecule has 1 aliphatic rings. The first-order valence-electron chi connectivity index (χ1n) is 7.96. The predicted molar refractivity (Wildman–Crippen MR) is 106 cm³/mol. The zero-order chi connectivity index (χ0) is 21.6. The molecule has 1 atom stereocenters. The third kappa shape index (κ3) is 3.42. The molecule has 142 valence electrons. The fourth-order valence-electron chi connectivity index (χ4n) is 2.62. The number of Topliss-reactive ketones (excluding diaryl/α,β-unsaturated/α-hetero) is 1. The Balaban J connectivity index is 1.97. The van der Waals surface area contributed by atoms with Gasteiger partial charge in [0, 0.05) is 5.56 Å². The zero-order valence-electron chi connectivity index (χ0n) is 14.6. The smallest absolute Gasteiger partial charge is 0.302 e. The van der Waals surface area contributed by atoms with Crippen molar-refractivity contribution in [3.05, 3.63) is 82.1 Å². The number of benzene rings is 2. The Morgan fingerprint density at radius 2 is 1.76 bits per heavy atom. The van der Waals surface area contributed by atoms with Gasteiger partial charge in [-0.05, 0) is 11.6 Å². The highest BCUT2D eigenvalue weighted by Crippen LogP contribution is 2.39. The van der Waals surface area contributed by atoms with Gasteiger partial charge in [-0.2, -0.15) is 8.42 Å². The maximum atomic E-state index is 14.4. The lowest BCUT2D eigenvalue weighted by molar-refractivity contribution is -0.126. The minimum Gasteiger partial charge on any atom is -0.467 e.